The standard InChI is InChI=1S/C36H49ClN6O5Si.H2S/c1-34(2,3)48-33(44)43-21-36(7,22-47-49(10,11)35(4,5)6)25-18-23(17-24(20-38)30(25)43)27-14-15-39-32(41-27)42-29-19-26(37)28(13-12-16-45-8)40-31(29)46-9;/h14-15,17-19H,12-13,16,21-22H2,1-11H3,(H,39,41,42);1H2/t36-;/m0./s1. The van der Waals surface area contributed by atoms with E-state index < -0.39 is 25.4 Å². The first-order valence-corrected chi connectivity index (χ1v) is 19.7. The summed E-state index contributed by atoms with van der Waals surface area (Å²) in [6, 6.07) is 9.59. The highest BCUT2D eigenvalue weighted by molar-refractivity contribution is 7.59. The van der Waals surface area contributed by atoms with Gasteiger partial charge in [-0.1, -0.05) is 39.3 Å². The van der Waals surface area contributed by atoms with E-state index in [0.717, 1.165) is 12.0 Å². The molecule has 50 heavy (non-hydrogen) atoms. The monoisotopic (exact) mass is 742 g/mol. The van der Waals surface area contributed by atoms with E-state index in [1.807, 2.05) is 26.8 Å². The Hall–Kier alpha value is -3.41. The zero-order valence-corrected chi connectivity index (χ0v) is 33.8. The number of hydrogen-bond donors (Lipinski definition) is 1. The van der Waals surface area contributed by atoms with E-state index in [1.165, 1.54) is 7.11 Å². The molecular formula is C36H51ClN6O5SSi. The number of aromatic nitrogens is 3. The minimum atomic E-state index is -2.16. The molecule has 0 fully saturated rings. The molecule has 2 aromatic heterocycles. The van der Waals surface area contributed by atoms with E-state index in [-0.39, 0.29) is 18.5 Å². The van der Waals surface area contributed by atoms with Gasteiger partial charge in [-0.25, -0.2) is 19.7 Å². The highest BCUT2D eigenvalue weighted by Crippen LogP contribution is 2.47. The number of nitrogens with one attached hydrogen (secondary N) is 1. The Balaban J connectivity index is 0.00000676. The number of ether oxygens (including phenoxy) is 3. The van der Waals surface area contributed by atoms with E-state index in [9.17, 15) is 10.1 Å². The van der Waals surface area contributed by atoms with Crippen LogP contribution in [0.2, 0.25) is 23.2 Å². The Morgan fingerprint density at radius 1 is 1.14 bits per heavy atom. The number of amides is 1. The zero-order chi connectivity index (χ0) is 36.4. The van der Waals surface area contributed by atoms with Gasteiger partial charge in [-0.3, -0.25) is 4.90 Å². The molecule has 272 valence electrons. The molecule has 3 aromatic rings. The van der Waals surface area contributed by atoms with Crippen LogP contribution in [0.5, 0.6) is 5.88 Å². The number of anilines is 3. The maximum absolute atomic E-state index is 13.6. The first-order valence-electron chi connectivity index (χ1n) is 16.4. The SMILES string of the molecule is COCCCc1nc(OC)c(Nc2nccc(-c3cc(C#N)c4c(c3)[C@](C)(CO[Si](C)(C)C(C)(C)C)CN4C(=O)OC(C)(C)C)n2)cc1Cl.S. The van der Waals surface area contributed by atoms with Crippen molar-refractivity contribution >= 4 is 56.8 Å². The van der Waals surface area contributed by atoms with Gasteiger partial charge in [0.15, 0.2) is 8.32 Å². The predicted molar refractivity (Wildman–Crippen MR) is 206 cm³/mol. The smallest absolute Gasteiger partial charge is 0.414 e. The van der Waals surface area contributed by atoms with Crippen LogP contribution in [0.25, 0.3) is 11.3 Å². The Morgan fingerprint density at radius 2 is 1.84 bits per heavy atom. The molecule has 14 heteroatoms. The third-order valence-corrected chi connectivity index (χ3v) is 13.8. The normalized spacial score (nSPS) is 15.9. The van der Waals surface area contributed by atoms with Crippen LogP contribution in [-0.4, -0.2) is 68.9 Å². The van der Waals surface area contributed by atoms with Crippen molar-refractivity contribution < 1.29 is 23.4 Å². The van der Waals surface area contributed by atoms with Gasteiger partial charge in [0.05, 0.1) is 34.8 Å². The maximum atomic E-state index is 13.6. The number of halogens is 1. The first kappa shape index (κ1) is 41.0. The third-order valence-electron chi connectivity index (χ3n) is 9.00. The van der Waals surface area contributed by atoms with Crippen LogP contribution in [-0.2, 0) is 25.7 Å². The summed E-state index contributed by atoms with van der Waals surface area (Å²) < 4.78 is 23.3. The highest BCUT2D eigenvalue weighted by Gasteiger charge is 2.47. The second-order valence-electron chi connectivity index (χ2n) is 15.2. The van der Waals surface area contributed by atoms with E-state index in [0.29, 0.717) is 76.9 Å². The lowest BCUT2D eigenvalue weighted by atomic mass is 9.83. The fourth-order valence-corrected chi connectivity index (χ4v) is 6.65. The summed E-state index contributed by atoms with van der Waals surface area (Å²) in [5.74, 6) is 0.647. The molecule has 1 atom stereocenters. The molecule has 1 amide bonds. The van der Waals surface area contributed by atoms with E-state index >= 15 is 0 Å². The van der Waals surface area contributed by atoms with Crippen LogP contribution in [0.4, 0.5) is 22.1 Å². The van der Waals surface area contributed by atoms with Gasteiger partial charge in [0, 0.05) is 44.0 Å². The van der Waals surface area contributed by atoms with Crippen molar-refractivity contribution in [3.8, 4) is 23.2 Å². The van der Waals surface area contributed by atoms with E-state index in [1.54, 1.807) is 36.4 Å². The van der Waals surface area contributed by atoms with Crippen LogP contribution >= 0.6 is 25.1 Å². The third kappa shape index (κ3) is 9.27. The molecule has 0 saturated carbocycles. The number of rotatable bonds is 11. The fraction of sp³-hybridized carbons (Fsp3) is 0.528. The molecule has 11 nitrogen and oxygen atoms in total. The molecule has 1 aromatic carbocycles. The molecule has 3 heterocycles. The molecule has 1 N–H and O–H groups in total. The molecular weight excluding hydrogens is 692 g/mol. The number of hydrogen-bond acceptors (Lipinski definition) is 10. The summed E-state index contributed by atoms with van der Waals surface area (Å²) in [4.78, 5) is 29.0. The van der Waals surface area contributed by atoms with Gasteiger partial charge >= 0.3 is 6.09 Å². The van der Waals surface area contributed by atoms with Crippen molar-refractivity contribution in [2.75, 3.05) is 44.2 Å². The highest BCUT2D eigenvalue weighted by atomic mass is 35.5. The summed E-state index contributed by atoms with van der Waals surface area (Å²) in [6.07, 6.45) is 2.54. The second-order valence-corrected chi connectivity index (χ2v) is 20.4. The summed E-state index contributed by atoms with van der Waals surface area (Å²) >= 11 is 6.58. The van der Waals surface area contributed by atoms with Gasteiger partial charge in [-0.2, -0.15) is 18.8 Å². The molecule has 0 saturated heterocycles. The van der Waals surface area contributed by atoms with Crippen LogP contribution < -0.4 is 15.0 Å². The quantitative estimate of drug-likeness (QED) is 0.151. The van der Waals surface area contributed by atoms with Crippen LogP contribution in [0.3, 0.4) is 0 Å². The lowest BCUT2D eigenvalue weighted by molar-refractivity contribution is 0.0575. The Morgan fingerprint density at radius 3 is 2.44 bits per heavy atom. The molecule has 0 unspecified atom stereocenters. The van der Waals surface area contributed by atoms with Crippen molar-refractivity contribution in [1.82, 2.24) is 15.0 Å². The molecule has 4 rings (SSSR count). The lowest BCUT2D eigenvalue weighted by Gasteiger charge is -2.39. The van der Waals surface area contributed by atoms with Crippen molar-refractivity contribution in [1.29, 1.82) is 5.26 Å². The van der Waals surface area contributed by atoms with E-state index in [4.69, 9.17) is 35.2 Å². The minimum absolute atomic E-state index is 0. The van der Waals surface area contributed by atoms with Gasteiger partial charge in [-0.05, 0) is 81.6 Å². The number of fused-ring (bicyclic) bond motifs is 1. The Bertz CT molecular complexity index is 1740. The first-order chi connectivity index (χ1) is 22.8. The second kappa shape index (κ2) is 15.9. The summed E-state index contributed by atoms with van der Waals surface area (Å²) in [7, 11) is 1.04. The minimum Gasteiger partial charge on any atom is -0.480 e. The molecule has 1 aliphatic rings. The molecule has 0 aliphatic carbocycles. The van der Waals surface area contributed by atoms with Crippen molar-refractivity contribution in [3.63, 3.8) is 0 Å². The van der Waals surface area contributed by atoms with Crippen molar-refractivity contribution in [3.05, 3.63) is 52.3 Å². The average molecular weight is 743 g/mol. The number of nitrogens with zero attached hydrogens (tertiary/aromatic N) is 5. The average Bonchev–Trinajstić information content (AvgIpc) is 3.32. The molecule has 1 aliphatic heterocycles. The summed E-state index contributed by atoms with van der Waals surface area (Å²) in [6.45, 7) is 19.8. The topological polar surface area (TPSA) is 132 Å². The van der Waals surface area contributed by atoms with Gasteiger partial charge in [0.1, 0.15) is 17.4 Å². The fourth-order valence-electron chi connectivity index (χ4n) is 5.30. The Labute approximate surface area is 309 Å². The van der Waals surface area contributed by atoms with Gasteiger partial charge in [0.2, 0.25) is 11.8 Å². The number of pyridine rings is 1. The molecule has 0 spiro atoms. The predicted octanol–water partition coefficient (Wildman–Crippen LogP) is 8.54. The van der Waals surface area contributed by atoms with Gasteiger partial charge in [0.25, 0.3) is 0 Å². The maximum Gasteiger partial charge on any atom is 0.414 e. The van der Waals surface area contributed by atoms with E-state index in [2.05, 4.69) is 62.1 Å². The number of benzene rings is 1. The summed E-state index contributed by atoms with van der Waals surface area (Å²) in [5.41, 5.74) is 2.84. The lowest BCUT2D eigenvalue weighted by Crippen LogP contribution is -2.46. The number of carbonyl (C=O) groups excluding carboxylic acids is 1. The van der Waals surface area contributed by atoms with Gasteiger partial charge < -0.3 is 24.0 Å². The molecule has 0 bridgehead atoms. The van der Waals surface area contributed by atoms with Crippen LogP contribution in [0, 0.1) is 11.3 Å². The van der Waals surface area contributed by atoms with Crippen LogP contribution in [0.15, 0.2) is 30.5 Å². The molecule has 0 radical (unpaired) electrons. The summed E-state index contributed by atoms with van der Waals surface area (Å²) in [5, 5.41) is 14.1. The number of carbonyl (C=O) groups is 1. The van der Waals surface area contributed by atoms with Crippen molar-refractivity contribution in [2.24, 2.45) is 0 Å². The number of aryl methyl sites for hydroxylation is 1. The Kier molecular flexibility index (Phi) is 13.0. The van der Waals surface area contributed by atoms with Crippen LogP contribution in [0.1, 0.15) is 71.7 Å². The zero-order valence-electron chi connectivity index (χ0n) is 31.1. The van der Waals surface area contributed by atoms with Gasteiger partial charge in [-0.15, -0.1) is 0 Å². The van der Waals surface area contributed by atoms with Crippen molar-refractivity contribution in [2.45, 2.75) is 90.5 Å². The largest absolute Gasteiger partial charge is 0.480 e. The number of nitriles is 1. The number of methoxy groups -OCH3 is 2.